The van der Waals surface area contributed by atoms with E-state index >= 15 is 0 Å². The number of rotatable bonds is 5. The lowest BCUT2D eigenvalue weighted by Crippen LogP contribution is -2.05. The SMILES string of the molecule is NC(=O)/C=C/c1cc([N+](=O)[O-])ccc1Sc1cccc2cccnc12. The van der Waals surface area contributed by atoms with Gasteiger partial charge in [-0.2, -0.15) is 0 Å². The molecule has 3 rings (SSSR count). The Morgan fingerprint density at radius 3 is 2.72 bits per heavy atom. The number of fused-ring (bicyclic) bond motifs is 1. The Balaban J connectivity index is 2.06. The van der Waals surface area contributed by atoms with Crippen LogP contribution in [0, 0.1) is 10.1 Å². The molecule has 25 heavy (non-hydrogen) atoms. The van der Waals surface area contributed by atoms with E-state index in [0.717, 1.165) is 20.7 Å². The Labute approximate surface area is 147 Å². The van der Waals surface area contributed by atoms with Gasteiger partial charge in [-0.1, -0.05) is 30.0 Å². The number of non-ortho nitro benzene ring substituents is 1. The van der Waals surface area contributed by atoms with E-state index in [0.29, 0.717) is 5.56 Å². The van der Waals surface area contributed by atoms with Crippen LogP contribution in [0.3, 0.4) is 0 Å². The number of primary amides is 1. The molecule has 7 heteroatoms. The summed E-state index contributed by atoms with van der Waals surface area (Å²) in [6.07, 6.45) is 4.39. The van der Waals surface area contributed by atoms with Crippen LogP contribution in [-0.4, -0.2) is 15.8 Å². The van der Waals surface area contributed by atoms with Crippen LogP contribution in [-0.2, 0) is 4.79 Å². The molecule has 0 aliphatic rings. The fraction of sp³-hybridized carbons (Fsp3) is 0. The Bertz CT molecular complexity index is 997. The smallest absolute Gasteiger partial charge is 0.270 e. The number of para-hydroxylation sites is 1. The van der Waals surface area contributed by atoms with Crippen molar-refractivity contribution in [1.29, 1.82) is 0 Å². The number of carbonyl (C=O) groups excluding carboxylic acids is 1. The van der Waals surface area contributed by atoms with E-state index in [1.807, 2.05) is 30.3 Å². The van der Waals surface area contributed by atoms with Crippen molar-refractivity contribution < 1.29 is 9.72 Å². The van der Waals surface area contributed by atoms with Gasteiger partial charge in [0, 0.05) is 39.6 Å². The fourth-order valence-corrected chi connectivity index (χ4v) is 3.35. The standard InChI is InChI=1S/C18H13N3O3S/c19-17(22)9-6-13-11-14(21(23)24)7-8-15(13)25-16-5-1-3-12-4-2-10-20-18(12)16/h1-11H,(H2,19,22)/b9-6+. The highest BCUT2D eigenvalue weighted by molar-refractivity contribution is 7.99. The maximum atomic E-state index is 11.0. The second kappa shape index (κ2) is 7.14. The lowest BCUT2D eigenvalue weighted by Gasteiger charge is -2.08. The molecule has 1 aromatic heterocycles. The van der Waals surface area contributed by atoms with Crippen LogP contribution in [0.5, 0.6) is 0 Å². The zero-order valence-corrected chi connectivity index (χ0v) is 13.8. The van der Waals surface area contributed by atoms with Gasteiger partial charge in [0.2, 0.25) is 5.91 Å². The van der Waals surface area contributed by atoms with Gasteiger partial charge in [-0.15, -0.1) is 0 Å². The predicted octanol–water partition coefficient (Wildman–Crippen LogP) is 3.79. The molecule has 1 heterocycles. The normalized spacial score (nSPS) is 11.0. The maximum Gasteiger partial charge on any atom is 0.270 e. The molecule has 2 aromatic carbocycles. The van der Waals surface area contributed by atoms with E-state index in [1.54, 1.807) is 12.3 Å². The molecule has 0 aliphatic heterocycles. The zero-order valence-electron chi connectivity index (χ0n) is 13.0. The first kappa shape index (κ1) is 16.7. The van der Waals surface area contributed by atoms with Crippen molar-refractivity contribution in [1.82, 2.24) is 4.98 Å². The van der Waals surface area contributed by atoms with Crippen LogP contribution in [0.25, 0.3) is 17.0 Å². The van der Waals surface area contributed by atoms with Crippen molar-refractivity contribution in [2.75, 3.05) is 0 Å². The molecule has 0 radical (unpaired) electrons. The largest absolute Gasteiger partial charge is 0.366 e. The number of amides is 1. The Kier molecular flexibility index (Phi) is 4.76. The third kappa shape index (κ3) is 3.84. The molecule has 0 atom stereocenters. The number of benzene rings is 2. The first-order valence-electron chi connectivity index (χ1n) is 7.32. The van der Waals surface area contributed by atoms with Gasteiger partial charge in [0.1, 0.15) is 0 Å². The van der Waals surface area contributed by atoms with Crippen LogP contribution < -0.4 is 5.73 Å². The van der Waals surface area contributed by atoms with Crippen LogP contribution >= 0.6 is 11.8 Å². The highest BCUT2D eigenvalue weighted by Gasteiger charge is 2.12. The predicted molar refractivity (Wildman–Crippen MR) is 97.2 cm³/mol. The molecular formula is C18H13N3O3S. The molecule has 2 N–H and O–H groups in total. The van der Waals surface area contributed by atoms with Crippen molar-refractivity contribution in [3.05, 3.63) is 76.5 Å². The number of hydrogen-bond acceptors (Lipinski definition) is 5. The minimum atomic E-state index is -0.616. The van der Waals surface area contributed by atoms with Crippen molar-refractivity contribution in [2.24, 2.45) is 5.73 Å². The Morgan fingerprint density at radius 1 is 1.16 bits per heavy atom. The van der Waals surface area contributed by atoms with Gasteiger partial charge in [-0.3, -0.25) is 19.9 Å². The molecule has 0 aliphatic carbocycles. The van der Waals surface area contributed by atoms with E-state index in [1.165, 1.54) is 36.0 Å². The Hall–Kier alpha value is -3.19. The number of nitrogens with zero attached hydrogens (tertiary/aromatic N) is 2. The zero-order chi connectivity index (χ0) is 17.8. The summed E-state index contributed by atoms with van der Waals surface area (Å²) in [5.41, 5.74) is 6.48. The summed E-state index contributed by atoms with van der Waals surface area (Å²) in [7, 11) is 0. The summed E-state index contributed by atoms with van der Waals surface area (Å²) in [5.74, 6) is -0.616. The average Bonchev–Trinajstić information content (AvgIpc) is 2.61. The summed E-state index contributed by atoms with van der Waals surface area (Å²) < 4.78 is 0. The number of nitro benzene ring substituents is 1. The summed E-state index contributed by atoms with van der Waals surface area (Å²) in [5, 5.41) is 12.0. The molecule has 0 unspecified atom stereocenters. The quantitative estimate of drug-likeness (QED) is 0.428. The van der Waals surface area contributed by atoms with Crippen LogP contribution in [0.1, 0.15) is 5.56 Å². The number of aromatic nitrogens is 1. The van der Waals surface area contributed by atoms with E-state index < -0.39 is 10.8 Å². The van der Waals surface area contributed by atoms with Crippen LogP contribution in [0.4, 0.5) is 5.69 Å². The molecule has 0 saturated heterocycles. The molecular weight excluding hydrogens is 338 g/mol. The molecule has 0 fully saturated rings. The highest BCUT2D eigenvalue weighted by atomic mass is 32.2. The van der Waals surface area contributed by atoms with E-state index in [9.17, 15) is 14.9 Å². The number of nitrogens with two attached hydrogens (primary N) is 1. The van der Waals surface area contributed by atoms with Gasteiger partial charge in [-0.05, 0) is 29.8 Å². The fourth-order valence-electron chi connectivity index (χ4n) is 2.32. The third-order valence-corrected chi connectivity index (χ3v) is 4.59. The van der Waals surface area contributed by atoms with Gasteiger partial charge in [0.25, 0.3) is 5.69 Å². The van der Waals surface area contributed by atoms with E-state index in [4.69, 9.17) is 5.73 Å². The summed E-state index contributed by atoms with van der Waals surface area (Å²) in [6, 6.07) is 14.2. The second-order valence-electron chi connectivity index (χ2n) is 5.15. The third-order valence-electron chi connectivity index (χ3n) is 3.45. The number of pyridine rings is 1. The maximum absolute atomic E-state index is 11.0. The summed E-state index contributed by atoms with van der Waals surface area (Å²) in [6.45, 7) is 0. The molecule has 6 nitrogen and oxygen atoms in total. The minimum absolute atomic E-state index is 0.0514. The number of hydrogen-bond donors (Lipinski definition) is 1. The molecule has 1 amide bonds. The van der Waals surface area contributed by atoms with Crippen molar-refractivity contribution in [2.45, 2.75) is 9.79 Å². The number of nitro groups is 1. The van der Waals surface area contributed by atoms with Gasteiger partial charge in [-0.25, -0.2) is 0 Å². The lowest BCUT2D eigenvalue weighted by molar-refractivity contribution is -0.384. The van der Waals surface area contributed by atoms with Crippen molar-refractivity contribution >= 4 is 40.3 Å². The monoisotopic (exact) mass is 351 g/mol. The molecule has 0 bridgehead atoms. The summed E-state index contributed by atoms with van der Waals surface area (Å²) >= 11 is 1.43. The first-order valence-corrected chi connectivity index (χ1v) is 8.14. The van der Waals surface area contributed by atoms with Gasteiger partial charge in [0.05, 0.1) is 10.4 Å². The molecule has 3 aromatic rings. The molecule has 0 spiro atoms. The van der Waals surface area contributed by atoms with Crippen molar-refractivity contribution in [3.63, 3.8) is 0 Å². The molecule has 0 saturated carbocycles. The van der Waals surface area contributed by atoms with Gasteiger partial charge < -0.3 is 5.73 Å². The first-order chi connectivity index (χ1) is 12.0. The highest BCUT2D eigenvalue weighted by Crippen LogP contribution is 2.36. The van der Waals surface area contributed by atoms with Gasteiger partial charge >= 0.3 is 0 Å². The van der Waals surface area contributed by atoms with Gasteiger partial charge in [0.15, 0.2) is 0 Å². The van der Waals surface area contributed by atoms with Crippen molar-refractivity contribution in [3.8, 4) is 0 Å². The minimum Gasteiger partial charge on any atom is -0.366 e. The number of carbonyl (C=O) groups is 1. The second-order valence-corrected chi connectivity index (χ2v) is 6.23. The van der Waals surface area contributed by atoms with Crippen LogP contribution in [0.2, 0.25) is 0 Å². The average molecular weight is 351 g/mol. The van der Waals surface area contributed by atoms with Crippen LogP contribution in [0.15, 0.2) is 70.6 Å². The lowest BCUT2D eigenvalue weighted by atomic mass is 10.2. The molecule has 124 valence electrons. The van der Waals surface area contributed by atoms with E-state index in [-0.39, 0.29) is 5.69 Å². The van der Waals surface area contributed by atoms with E-state index in [2.05, 4.69) is 4.98 Å². The topological polar surface area (TPSA) is 99.1 Å². The summed E-state index contributed by atoms with van der Waals surface area (Å²) in [4.78, 5) is 27.6. The Morgan fingerprint density at radius 2 is 1.96 bits per heavy atom.